The summed E-state index contributed by atoms with van der Waals surface area (Å²) in [6, 6.07) is 0. The van der Waals surface area contributed by atoms with Gasteiger partial charge in [0.2, 0.25) is 0 Å². The number of ether oxygens (including phenoxy) is 1. The molecule has 0 aliphatic carbocycles. The van der Waals surface area contributed by atoms with Crippen molar-refractivity contribution >= 4 is 22.7 Å². The molecule has 2 aromatic heterocycles. The molecule has 0 aromatic carbocycles. The highest BCUT2D eigenvalue weighted by Gasteiger charge is 2.40. The third-order valence-corrected chi connectivity index (χ3v) is 5.39. The third kappa shape index (κ3) is 2.26. The monoisotopic (exact) mass is 330 g/mol. The Morgan fingerprint density at radius 3 is 2.96 bits per heavy atom. The summed E-state index contributed by atoms with van der Waals surface area (Å²) < 4.78 is 7.36. The first-order valence-electron chi connectivity index (χ1n) is 8.39. The molecule has 0 saturated carbocycles. The Hall–Kier alpha value is -2.15. The second-order valence-electron chi connectivity index (χ2n) is 7.06. The van der Waals surface area contributed by atoms with E-state index in [2.05, 4.69) is 15.0 Å². The van der Waals surface area contributed by atoms with Gasteiger partial charge >= 0.3 is 5.97 Å². The van der Waals surface area contributed by atoms with Crippen molar-refractivity contribution in [3.8, 4) is 0 Å². The quantitative estimate of drug-likeness (QED) is 0.907. The summed E-state index contributed by atoms with van der Waals surface area (Å²) in [5, 5.41) is 15.0. The summed E-state index contributed by atoms with van der Waals surface area (Å²) in [5.41, 5.74) is 2.73. The molecule has 0 radical (unpaired) electrons. The lowest BCUT2D eigenvalue weighted by Crippen LogP contribution is -2.44. The molecule has 7 heteroatoms. The van der Waals surface area contributed by atoms with E-state index in [4.69, 9.17) is 4.74 Å². The summed E-state index contributed by atoms with van der Waals surface area (Å²) >= 11 is 0. The molecule has 24 heavy (non-hydrogen) atoms. The Kier molecular flexibility index (Phi) is 3.49. The number of rotatable bonds is 2. The summed E-state index contributed by atoms with van der Waals surface area (Å²) in [4.78, 5) is 18.4. The van der Waals surface area contributed by atoms with Crippen molar-refractivity contribution in [2.75, 3.05) is 31.2 Å². The van der Waals surface area contributed by atoms with Gasteiger partial charge in [0.25, 0.3) is 0 Å². The fourth-order valence-corrected chi connectivity index (χ4v) is 4.25. The number of carboxylic acid groups (broad SMARTS) is 1. The first-order chi connectivity index (χ1) is 11.5. The van der Waals surface area contributed by atoms with E-state index in [9.17, 15) is 9.90 Å². The molecule has 2 aliphatic heterocycles. The van der Waals surface area contributed by atoms with Crippen molar-refractivity contribution in [2.45, 2.75) is 26.2 Å². The van der Waals surface area contributed by atoms with Crippen LogP contribution in [0.3, 0.4) is 0 Å². The minimum Gasteiger partial charge on any atom is -0.478 e. The van der Waals surface area contributed by atoms with Crippen LogP contribution in [-0.2, 0) is 11.8 Å². The highest BCUT2D eigenvalue weighted by atomic mass is 16.5. The third-order valence-electron chi connectivity index (χ3n) is 5.39. The molecular weight excluding hydrogens is 308 g/mol. The molecular formula is C17H22N4O3. The van der Waals surface area contributed by atoms with Crippen LogP contribution >= 0.6 is 0 Å². The van der Waals surface area contributed by atoms with Crippen LogP contribution in [0.1, 0.15) is 35.3 Å². The van der Waals surface area contributed by atoms with Gasteiger partial charge in [-0.05, 0) is 26.2 Å². The topological polar surface area (TPSA) is 80.5 Å². The molecule has 2 aliphatic rings. The van der Waals surface area contributed by atoms with Gasteiger partial charge in [0.05, 0.1) is 23.4 Å². The van der Waals surface area contributed by atoms with E-state index in [1.54, 1.807) is 4.68 Å². The number of carboxylic acids is 1. The molecule has 1 spiro atoms. The summed E-state index contributed by atoms with van der Waals surface area (Å²) in [6.45, 7) is 5.18. The first-order valence-corrected chi connectivity index (χ1v) is 8.39. The number of aryl methyl sites for hydroxylation is 2. The van der Waals surface area contributed by atoms with Crippen molar-refractivity contribution in [2.24, 2.45) is 12.5 Å². The van der Waals surface area contributed by atoms with Crippen molar-refractivity contribution < 1.29 is 14.6 Å². The summed E-state index contributed by atoms with van der Waals surface area (Å²) in [7, 11) is 1.84. The number of hydrogen-bond acceptors (Lipinski definition) is 5. The second kappa shape index (κ2) is 5.44. The standard InChI is InChI=1S/C17H22N4O3/c1-11-13-14(12(16(22)23)8-18-15(13)20(2)19-11)21-6-3-4-17(9-21)5-7-24-10-17/h8H,3-7,9-10H2,1-2H3,(H,22,23). The second-order valence-corrected chi connectivity index (χ2v) is 7.06. The van der Waals surface area contributed by atoms with Gasteiger partial charge in [-0.15, -0.1) is 0 Å². The number of anilines is 1. The van der Waals surface area contributed by atoms with Gasteiger partial charge in [-0.3, -0.25) is 4.68 Å². The largest absolute Gasteiger partial charge is 0.478 e. The number of pyridine rings is 1. The molecule has 1 N–H and O–H groups in total. The Morgan fingerprint density at radius 2 is 2.25 bits per heavy atom. The maximum absolute atomic E-state index is 11.8. The lowest BCUT2D eigenvalue weighted by atomic mass is 9.79. The van der Waals surface area contributed by atoms with Crippen LogP contribution in [0.15, 0.2) is 6.20 Å². The molecule has 2 aromatic rings. The molecule has 0 bridgehead atoms. The van der Waals surface area contributed by atoms with E-state index in [1.165, 1.54) is 6.20 Å². The summed E-state index contributed by atoms with van der Waals surface area (Å²) in [5.74, 6) is -0.940. The number of carbonyl (C=O) groups is 1. The van der Waals surface area contributed by atoms with Crippen LogP contribution in [0, 0.1) is 12.3 Å². The average molecular weight is 330 g/mol. The number of piperidine rings is 1. The van der Waals surface area contributed by atoms with Crippen molar-refractivity contribution in [3.63, 3.8) is 0 Å². The van der Waals surface area contributed by atoms with Crippen molar-refractivity contribution in [1.82, 2.24) is 14.8 Å². The Labute approximate surface area is 140 Å². The normalized spacial score (nSPS) is 24.2. The van der Waals surface area contributed by atoms with E-state index in [1.807, 2.05) is 14.0 Å². The lowest BCUT2D eigenvalue weighted by Gasteiger charge is -2.41. The fourth-order valence-electron chi connectivity index (χ4n) is 4.25. The molecule has 2 saturated heterocycles. The Balaban J connectivity index is 1.87. The number of nitrogens with zero attached hydrogens (tertiary/aromatic N) is 4. The van der Waals surface area contributed by atoms with Gasteiger partial charge in [0.15, 0.2) is 5.65 Å². The van der Waals surface area contributed by atoms with Gasteiger partial charge in [-0.1, -0.05) is 0 Å². The zero-order chi connectivity index (χ0) is 16.9. The van der Waals surface area contributed by atoms with Crippen molar-refractivity contribution in [3.05, 3.63) is 17.5 Å². The van der Waals surface area contributed by atoms with Crippen LogP contribution in [0.4, 0.5) is 5.69 Å². The molecule has 1 atom stereocenters. The fraction of sp³-hybridized carbons (Fsp3) is 0.588. The van der Waals surface area contributed by atoms with Crippen LogP contribution in [0.25, 0.3) is 11.0 Å². The molecule has 2 fully saturated rings. The van der Waals surface area contributed by atoms with Gasteiger partial charge < -0.3 is 14.7 Å². The maximum atomic E-state index is 11.8. The van der Waals surface area contributed by atoms with Crippen molar-refractivity contribution in [1.29, 1.82) is 0 Å². The number of aromatic carboxylic acids is 1. The average Bonchev–Trinajstić information content (AvgIpc) is 3.11. The molecule has 4 rings (SSSR count). The van der Waals surface area contributed by atoms with E-state index in [-0.39, 0.29) is 11.0 Å². The summed E-state index contributed by atoms with van der Waals surface area (Å²) in [6.07, 6.45) is 4.71. The highest BCUT2D eigenvalue weighted by Crippen LogP contribution is 2.42. The van der Waals surface area contributed by atoms with Crippen LogP contribution in [0.5, 0.6) is 0 Å². The maximum Gasteiger partial charge on any atom is 0.339 e. The van der Waals surface area contributed by atoms with Gasteiger partial charge in [-0.25, -0.2) is 9.78 Å². The van der Waals surface area contributed by atoms with Crippen LogP contribution in [0.2, 0.25) is 0 Å². The SMILES string of the molecule is Cc1nn(C)c2ncc(C(=O)O)c(N3CCCC4(CCOC4)C3)c12. The molecule has 7 nitrogen and oxygen atoms in total. The van der Waals surface area contributed by atoms with Gasteiger partial charge in [0.1, 0.15) is 5.56 Å². The molecule has 0 amide bonds. The number of aromatic nitrogens is 3. The Morgan fingerprint density at radius 1 is 1.42 bits per heavy atom. The van der Waals surface area contributed by atoms with E-state index in [0.29, 0.717) is 0 Å². The minimum atomic E-state index is -0.940. The van der Waals surface area contributed by atoms with Gasteiger partial charge in [-0.2, -0.15) is 5.10 Å². The molecule has 128 valence electrons. The first kappa shape index (κ1) is 15.4. The lowest BCUT2D eigenvalue weighted by molar-refractivity contribution is 0.0697. The van der Waals surface area contributed by atoms with Crippen LogP contribution in [-0.4, -0.2) is 52.1 Å². The number of fused-ring (bicyclic) bond motifs is 1. The van der Waals surface area contributed by atoms with Gasteiger partial charge in [0, 0.05) is 38.4 Å². The van der Waals surface area contributed by atoms with E-state index in [0.717, 1.165) is 68.0 Å². The van der Waals surface area contributed by atoms with E-state index >= 15 is 0 Å². The zero-order valence-electron chi connectivity index (χ0n) is 14.1. The molecule has 4 heterocycles. The smallest absolute Gasteiger partial charge is 0.339 e. The van der Waals surface area contributed by atoms with E-state index < -0.39 is 5.97 Å². The predicted octanol–water partition coefficient (Wildman–Crippen LogP) is 1.98. The highest BCUT2D eigenvalue weighted by molar-refractivity contribution is 6.04. The number of hydrogen-bond donors (Lipinski definition) is 1. The van der Waals surface area contributed by atoms with Crippen LogP contribution < -0.4 is 4.90 Å². The molecule has 1 unspecified atom stereocenters. The predicted molar refractivity (Wildman–Crippen MR) is 89.5 cm³/mol. The zero-order valence-corrected chi connectivity index (χ0v) is 14.1. The Bertz CT molecular complexity index is 808. The minimum absolute atomic E-state index is 0.153.